The van der Waals surface area contributed by atoms with Gasteiger partial charge in [-0.2, -0.15) is 5.10 Å². The fourth-order valence-electron chi connectivity index (χ4n) is 3.52. The Morgan fingerprint density at radius 1 is 1.19 bits per heavy atom. The molecule has 0 saturated carbocycles. The molecule has 2 heterocycles. The molecule has 0 bridgehead atoms. The number of amides is 1. The summed E-state index contributed by atoms with van der Waals surface area (Å²) in [6.07, 6.45) is 3.43. The van der Waals surface area contributed by atoms with Gasteiger partial charge in [-0.05, 0) is 38.6 Å². The molecule has 0 atom stereocenters. The second-order valence-corrected chi connectivity index (χ2v) is 6.97. The summed E-state index contributed by atoms with van der Waals surface area (Å²) in [4.78, 5) is 17.3. The molecule has 2 aromatic rings. The van der Waals surface area contributed by atoms with Crippen molar-refractivity contribution in [2.45, 2.75) is 20.8 Å². The third-order valence-corrected chi connectivity index (χ3v) is 5.29. The number of anilines is 2. The number of rotatable bonds is 5. The highest BCUT2D eigenvalue weighted by atomic mass is 16.1. The van der Waals surface area contributed by atoms with Gasteiger partial charge in [-0.3, -0.25) is 9.48 Å². The number of hydrogen-bond acceptors (Lipinski definition) is 4. The van der Waals surface area contributed by atoms with Crippen LogP contribution in [0.3, 0.4) is 0 Å². The monoisotopic (exact) mass is 367 g/mol. The summed E-state index contributed by atoms with van der Waals surface area (Å²) < 4.78 is 1.83. The second kappa shape index (κ2) is 8.39. The van der Waals surface area contributed by atoms with Crippen molar-refractivity contribution in [2.75, 3.05) is 42.9 Å². The molecule has 0 spiro atoms. The minimum Gasteiger partial charge on any atom is -0.367 e. The number of aromatic nitrogens is 2. The number of likely N-dealkylation sites (N-methyl/N-ethyl adjacent to an activating group) is 1. The van der Waals surface area contributed by atoms with E-state index >= 15 is 0 Å². The van der Waals surface area contributed by atoms with E-state index in [-0.39, 0.29) is 5.91 Å². The molecule has 1 amide bonds. The van der Waals surface area contributed by atoms with E-state index in [2.05, 4.69) is 33.2 Å². The van der Waals surface area contributed by atoms with Gasteiger partial charge in [0, 0.05) is 50.6 Å². The van der Waals surface area contributed by atoms with Crippen LogP contribution in [-0.2, 0) is 11.8 Å². The van der Waals surface area contributed by atoms with Crippen molar-refractivity contribution >= 4 is 23.4 Å². The standard InChI is InChI=1S/C21H29N5O/c1-5-25-12-14-26(15-13-25)20-9-7-6-8-19(20)22-21(27)11-10-18-16(2)23-24(4)17(18)3/h6-11H,5,12-15H2,1-4H3,(H,22,27)/b11-10+. The van der Waals surface area contributed by atoms with Crippen LogP contribution in [0.2, 0.25) is 0 Å². The summed E-state index contributed by atoms with van der Waals surface area (Å²) in [6.45, 7) is 11.3. The van der Waals surface area contributed by atoms with Crippen molar-refractivity contribution in [3.8, 4) is 0 Å². The van der Waals surface area contributed by atoms with Gasteiger partial charge in [0.05, 0.1) is 17.1 Å². The smallest absolute Gasteiger partial charge is 0.248 e. The molecule has 0 radical (unpaired) electrons. The lowest BCUT2D eigenvalue weighted by atomic mass is 10.2. The van der Waals surface area contributed by atoms with Crippen LogP contribution >= 0.6 is 0 Å². The second-order valence-electron chi connectivity index (χ2n) is 6.97. The summed E-state index contributed by atoms with van der Waals surface area (Å²) in [7, 11) is 1.91. The molecule has 1 aliphatic heterocycles. The Hall–Kier alpha value is -2.60. The van der Waals surface area contributed by atoms with Crippen LogP contribution in [0.25, 0.3) is 6.08 Å². The first kappa shape index (κ1) is 19.2. The maximum atomic E-state index is 12.5. The molecule has 1 fully saturated rings. The lowest BCUT2D eigenvalue weighted by molar-refractivity contribution is -0.111. The van der Waals surface area contributed by atoms with Gasteiger partial charge in [0.15, 0.2) is 0 Å². The highest BCUT2D eigenvalue weighted by molar-refractivity contribution is 6.03. The summed E-state index contributed by atoms with van der Waals surface area (Å²) in [6, 6.07) is 8.03. The zero-order chi connectivity index (χ0) is 19.4. The van der Waals surface area contributed by atoms with E-state index in [9.17, 15) is 4.79 Å². The topological polar surface area (TPSA) is 53.4 Å². The molecular formula is C21H29N5O. The Morgan fingerprint density at radius 2 is 1.89 bits per heavy atom. The molecule has 3 rings (SSSR count). The van der Waals surface area contributed by atoms with Crippen molar-refractivity contribution in [1.82, 2.24) is 14.7 Å². The van der Waals surface area contributed by atoms with E-state index in [0.717, 1.165) is 61.0 Å². The largest absolute Gasteiger partial charge is 0.367 e. The minimum atomic E-state index is -0.128. The van der Waals surface area contributed by atoms with E-state index in [0.29, 0.717) is 0 Å². The van der Waals surface area contributed by atoms with Gasteiger partial charge >= 0.3 is 0 Å². The summed E-state index contributed by atoms with van der Waals surface area (Å²) >= 11 is 0. The average molecular weight is 367 g/mol. The van der Waals surface area contributed by atoms with Crippen LogP contribution < -0.4 is 10.2 Å². The first-order valence-electron chi connectivity index (χ1n) is 9.55. The molecule has 0 aliphatic carbocycles. The maximum Gasteiger partial charge on any atom is 0.248 e. The maximum absolute atomic E-state index is 12.5. The lowest BCUT2D eigenvalue weighted by Gasteiger charge is -2.36. The molecule has 144 valence electrons. The first-order valence-corrected chi connectivity index (χ1v) is 9.55. The van der Waals surface area contributed by atoms with Crippen molar-refractivity contribution in [1.29, 1.82) is 0 Å². The Balaban J connectivity index is 1.70. The number of hydrogen-bond donors (Lipinski definition) is 1. The molecule has 6 heteroatoms. The van der Waals surface area contributed by atoms with E-state index in [1.54, 1.807) is 6.08 Å². The zero-order valence-corrected chi connectivity index (χ0v) is 16.7. The Morgan fingerprint density at radius 3 is 2.52 bits per heavy atom. The predicted molar refractivity (Wildman–Crippen MR) is 111 cm³/mol. The average Bonchev–Trinajstić information content (AvgIpc) is 2.92. The summed E-state index contributed by atoms with van der Waals surface area (Å²) in [5.74, 6) is -0.128. The fourth-order valence-corrected chi connectivity index (χ4v) is 3.52. The Labute approximate surface area is 161 Å². The third kappa shape index (κ3) is 4.39. The highest BCUT2D eigenvalue weighted by Crippen LogP contribution is 2.26. The molecule has 1 aromatic heterocycles. The minimum absolute atomic E-state index is 0.128. The van der Waals surface area contributed by atoms with E-state index in [1.165, 1.54) is 0 Å². The SMILES string of the molecule is CCN1CCN(c2ccccc2NC(=O)/C=C/c2c(C)nn(C)c2C)CC1. The van der Waals surface area contributed by atoms with Gasteiger partial charge in [-0.25, -0.2) is 0 Å². The molecule has 1 saturated heterocycles. The Bertz CT molecular complexity index is 831. The van der Waals surface area contributed by atoms with Gasteiger partial charge in [-0.1, -0.05) is 19.1 Å². The van der Waals surface area contributed by atoms with Gasteiger partial charge in [0.1, 0.15) is 0 Å². The zero-order valence-electron chi connectivity index (χ0n) is 16.7. The molecule has 6 nitrogen and oxygen atoms in total. The summed E-state index contributed by atoms with van der Waals surface area (Å²) in [5, 5.41) is 7.42. The van der Waals surface area contributed by atoms with Crippen LogP contribution in [0.4, 0.5) is 11.4 Å². The van der Waals surface area contributed by atoms with Crippen LogP contribution in [0.1, 0.15) is 23.9 Å². The van der Waals surface area contributed by atoms with Gasteiger partial charge in [-0.15, -0.1) is 0 Å². The van der Waals surface area contributed by atoms with Crippen molar-refractivity contribution < 1.29 is 4.79 Å². The predicted octanol–water partition coefficient (Wildman–Crippen LogP) is 2.83. The molecule has 1 aliphatic rings. The molecular weight excluding hydrogens is 338 g/mol. The Kier molecular flexibility index (Phi) is 5.96. The summed E-state index contributed by atoms with van der Waals surface area (Å²) in [5.41, 5.74) is 4.91. The number of carbonyl (C=O) groups excluding carboxylic acids is 1. The van der Waals surface area contributed by atoms with Crippen LogP contribution in [-0.4, -0.2) is 53.3 Å². The number of nitrogens with one attached hydrogen (secondary N) is 1. The molecule has 27 heavy (non-hydrogen) atoms. The van der Waals surface area contributed by atoms with Crippen molar-refractivity contribution in [3.05, 3.63) is 47.3 Å². The molecule has 1 aromatic carbocycles. The van der Waals surface area contributed by atoms with Crippen molar-refractivity contribution in [3.63, 3.8) is 0 Å². The van der Waals surface area contributed by atoms with Gasteiger partial charge < -0.3 is 15.1 Å². The van der Waals surface area contributed by atoms with E-state index in [1.807, 2.05) is 49.9 Å². The molecule has 0 unspecified atom stereocenters. The number of benzene rings is 1. The number of para-hydroxylation sites is 2. The number of piperazine rings is 1. The van der Waals surface area contributed by atoms with E-state index < -0.39 is 0 Å². The van der Waals surface area contributed by atoms with Crippen LogP contribution in [0, 0.1) is 13.8 Å². The van der Waals surface area contributed by atoms with Gasteiger partial charge in [0.25, 0.3) is 0 Å². The van der Waals surface area contributed by atoms with Crippen LogP contribution in [0.15, 0.2) is 30.3 Å². The van der Waals surface area contributed by atoms with Crippen molar-refractivity contribution in [2.24, 2.45) is 7.05 Å². The van der Waals surface area contributed by atoms with Crippen LogP contribution in [0.5, 0.6) is 0 Å². The molecule has 1 N–H and O–H groups in total. The fraction of sp³-hybridized carbons (Fsp3) is 0.429. The lowest BCUT2D eigenvalue weighted by Crippen LogP contribution is -2.46. The van der Waals surface area contributed by atoms with Gasteiger partial charge in [0.2, 0.25) is 5.91 Å². The number of carbonyl (C=O) groups is 1. The highest BCUT2D eigenvalue weighted by Gasteiger charge is 2.18. The van der Waals surface area contributed by atoms with E-state index in [4.69, 9.17) is 0 Å². The normalized spacial score (nSPS) is 15.5. The number of nitrogens with zero attached hydrogens (tertiary/aromatic N) is 4. The number of aryl methyl sites for hydroxylation is 2. The third-order valence-electron chi connectivity index (χ3n) is 5.29. The first-order chi connectivity index (χ1) is 13.0. The quantitative estimate of drug-likeness (QED) is 0.826.